The van der Waals surface area contributed by atoms with Crippen LogP contribution in [0.1, 0.15) is 46.7 Å². The van der Waals surface area contributed by atoms with Gasteiger partial charge in [0.05, 0.1) is 31.1 Å². The van der Waals surface area contributed by atoms with Gasteiger partial charge in [0.2, 0.25) is 0 Å². The topological polar surface area (TPSA) is 84.8 Å². The number of amides is 1. The summed E-state index contributed by atoms with van der Waals surface area (Å²) in [5.41, 5.74) is 5.23. The first-order valence-electron chi connectivity index (χ1n) is 11.6. The van der Waals surface area contributed by atoms with E-state index in [-0.39, 0.29) is 17.4 Å². The van der Waals surface area contributed by atoms with Crippen LogP contribution in [0.15, 0.2) is 73.1 Å². The van der Waals surface area contributed by atoms with Gasteiger partial charge in [-0.15, -0.1) is 0 Å². The van der Waals surface area contributed by atoms with Gasteiger partial charge in [-0.1, -0.05) is 74.5 Å². The lowest BCUT2D eigenvalue weighted by Gasteiger charge is -2.38. The number of benzene rings is 2. The molecule has 0 fully saturated rings. The maximum atomic E-state index is 13.1. The SMILES string of the molecule is CC1(C)Cc2[nH]nc(C(=O)Nc3cnn(Cc4ccccc4)c3)c2CC1OCc1ccccc1. The maximum Gasteiger partial charge on any atom is 0.276 e. The first kappa shape index (κ1) is 22.1. The van der Waals surface area contributed by atoms with Gasteiger partial charge >= 0.3 is 0 Å². The van der Waals surface area contributed by atoms with Crippen molar-refractivity contribution in [3.8, 4) is 0 Å². The first-order valence-corrected chi connectivity index (χ1v) is 11.6. The molecule has 7 nitrogen and oxygen atoms in total. The van der Waals surface area contributed by atoms with Crippen molar-refractivity contribution >= 4 is 11.6 Å². The third kappa shape index (κ3) is 4.79. The van der Waals surface area contributed by atoms with Crippen molar-refractivity contribution < 1.29 is 9.53 Å². The summed E-state index contributed by atoms with van der Waals surface area (Å²) in [7, 11) is 0. The average molecular weight is 456 g/mol. The summed E-state index contributed by atoms with van der Waals surface area (Å²) in [6.45, 7) is 5.59. The molecule has 1 unspecified atom stereocenters. The van der Waals surface area contributed by atoms with Gasteiger partial charge in [-0.2, -0.15) is 10.2 Å². The number of hydrogen-bond donors (Lipinski definition) is 2. The highest BCUT2D eigenvalue weighted by molar-refractivity contribution is 6.04. The standard InChI is InChI=1S/C27H29N5O2/c1-27(2)14-23-22(13-24(27)34-18-20-11-7-4-8-12-20)25(31-30-23)26(33)29-21-15-28-32(17-21)16-19-9-5-3-6-10-19/h3-12,15,17,24H,13-14,16,18H2,1-2H3,(H,29,33)(H,30,31). The van der Waals surface area contributed by atoms with Crippen LogP contribution in [0.2, 0.25) is 0 Å². The number of hydrogen-bond acceptors (Lipinski definition) is 4. The number of nitrogens with zero attached hydrogens (tertiary/aromatic N) is 3. The average Bonchev–Trinajstić information content (AvgIpc) is 3.44. The van der Waals surface area contributed by atoms with E-state index in [9.17, 15) is 4.79 Å². The van der Waals surface area contributed by atoms with Gasteiger partial charge in [0, 0.05) is 23.9 Å². The van der Waals surface area contributed by atoms with E-state index in [0.717, 1.165) is 28.8 Å². The number of nitrogens with one attached hydrogen (secondary N) is 2. The quantitative estimate of drug-likeness (QED) is 0.426. The zero-order valence-corrected chi connectivity index (χ0v) is 19.5. The second kappa shape index (κ2) is 9.27. The molecule has 2 aromatic heterocycles. The number of fused-ring (bicyclic) bond motifs is 1. The van der Waals surface area contributed by atoms with Crippen LogP contribution in [0.5, 0.6) is 0 Å². The number of aromatic amines is 1. The highest BCUT2D eigenvalue weighted by Crippen LogP contribution is 2.37. The molecule has 0 spiro atoms. The largest absolute Gasteiger partial charge is 0.373 e. The predicted octanol–water partition coefficient (Wildman–Crippen LogP) is 4.62. The monoisotopic (exact) mass is 455 g/mol. The maximum absolute atomic E-state index is 13.1. The van der Waals surface area contributed by atoms with Gasteiger partial charge in [-0.3, -0.25) is 14.6 Å². The second-order valence-corrected chi connectivity index (χ2v) is 9.55. The number of H-pyrrole nitrogens is 1. The minimum absolute atomic E-state index is 0.0158. The van der Waals surface area contributed by atoms with Crippen LogP contribution in [-0.2, 0) is 30.7 Å². The molecule has 1 amide bonds. The summed E-state index contributed by atoms with van der Waals surface area (Å²) in [4.78, 5) is 13.1. The van der Waals surface area contributed by atoms with E-state index in [1.807, 2.05) is 54.7 Å². The smallest absolute Gasteiger partial charge is 0.276 e. The Bertz CT molecular complexity index is 1260. The predicted molar refractivity (Wildman–Crippen MR) is 131 cm³/mol. The van der Waals surface area contributed by atoms with Crippen molar-refractivity contribution in [2.45, 2.75) is 45.9 Å². The Hall–Kier alpha value is -3.71. The third-order valence-corrected chi connectivity index (χ3v) is 6.43. The van der Waals surface area contributed by atoms with Crippen molar-refractivity contribution in [1.82, 2.24) is 20.0 Å². The van der Waals surface area contributed by atoms with E-state index in [0.29, 0.717) is 31.0 Å². The van der Waals surface area contributed by atoms with Crippen LogP contribution in [0.4, 0.5) is 5.69 Å². The van der Waals surface area contributed by atoms with Gasteiger partial charge in [0.25, 0.3) is 5.91 Å². The molecule has 0 saturated carbocycles. The summed E-state index contributed by atoms with van der Waals surface area (Å²) in [5, 5.41) is 14.8. The summed E-state index contributed by atoms with van der Waals surface area (Å²) >= 11 is 0. The lowest BCUT2D eigenvalue weighted by Crippen LogP contribution is -2.40. The molecule has 1 aliphatic rings. The zero-order valence-electron chi connectivity index (χ0n) is 19.5. The van der Waals surface area contributed by atoms with E-state index in [1.54, 1.807) is 10.9 Å². The summed E-state index contributed by atoms with van der Waals surface area (Å²) in [6.07, 6.45) is 4.89. The Balaban J connectivity index is 1.27. The molecule has 7 heteroatoms. The van der Waals surface area contributed by atoms with Crippen molar-refractivity contribution in [3.05, 3.63) is 101 Å². The number of carbonyl (C=O) groups is 1. The van der Waals surface area contributed by atoms with Crippen molar-refractivity contribution in [3.63, 3.8) is 0 Å². The van der Waals surface area contributed by atoms with Crippen LogP contribution in [0, 0.1) is 5.41 Å². The van der Waals surface area contributed by atoms with Gasteiger partial charge < -0.3 is 10.1 Å². The highest BCUT2D eigenvalue weighted by atomic mass is 16.5. The Morgan fingerprint density at radius 3 is 2.56 bits per heavy atom. The molecule has 0 bridgehead atoms. The Labute approximate surface area is 199 Å². The second-order valence-electron chi connectivity index (χ2n) is 9.55. The van der Waals surface area contributed by atoms with Gasteiger partial charge in [-0.25, -0.2) is 0 Å². The van der Waals surface area contributed by atoms with Crippen LogP contribution >= 0.6 is 0 Å². The molecular weight excluding hydrogens is 426 g/mol. The number of carbonyl (C=O) groups excluding carboxylic acids is 1. The lowest BCUT2D eigenvalue weighted by atomic mass is 9.73. The molecule has 1 atom stereocenters. The third-order valence-electron chi connectivity index (χ3n) is 6.43. The molecule has 5 rings (SSSR count). The Morgan fingerprint density at radius 2 is 1.82 bits per heavy atom. The van der Waals surface area contributed by atoms with E-state index in [1.165, 1.54) is 0 Å². The normalized spacial score (nSPS) is 16.7. The molecular formula is C27H29N5O2. The highest BCUT2D eigenvalue weighted by Gasteiger charge is 2.39. The molecule has 2 N–H and O–H groups in total. The van der Waals surface area contributed by atoms with Crippen LogP contribution < -0.4 is 5.32 Å². The van der Waals surface area contributed by atoms with Gasteiger partial charge in [0.1, 0.15) is 0 Å². The molecule has 0 radical (unpaired) electrons. The van der Waals surface area contributed by atoms with Crippen molar-refractivity contribution in [2.24, 2.45) is 5.41 Å². The van der Waals surface area contributed by atoms with Crippen LogP contribution in [0.25, 0.3) is 0 Å². The minimum atomic E-state index is -0.238. The summed E-state index contributed by atoms with van der Waals surface area (Å²) in [5.74, 6) is -0.238. The molecule has 0 aliphatic heterocycles. The van der Waals surface area contributed by atoms with Crippen molar-refractivity contribution in [1.29, 1.82) is 0 Å². The fraction of sp³-hybridized carbons (Fsp3) is 0.296. The summed E-state index contributed by atoms with van der Waals surface area (Å²) < 4.78 is 8.14. The fourth-order valence-electron chi connectivity index (χ4n) is 4.52. The zero-order chi connectivity index (χ0) is 23.5. The van der Waals surface area contributed by atoms with E-state index < -0.39 is 0 Å². The molecule has 4 aromatic rings. The fourth-order valence-corrected chi connectivity index (χ4v) is 4.52. The van der Waals surface area contributed by atoms with E-state index in [4.69, 9.17) is 4.74 Å². The Morgan fingerprint density at radius 1 is 1.12 bits per heavy atom. The molecule has 1 aliphatic carbocycles. The molecule has 174 valence electrons. The van der Waals surface area contributed by atoms with E-state index >= 15 is 0 Å². The Kier molecular flexibility index (Phi) is 6.02. The number of anilines is 1. The van der Waals surface area contributed by atoms with Gasteiger partial charge in [-0.05, 0) is 23.0 Å². The number of ether oxygens (including phenoxy) is 1. The minimum Gasteiger partial charge on any atom is -0.373 e. The van der Waals surface area contributed by atoms with Crippen LogP contribution in [0.3, 0.4) is 0 Å². The molecule has 34 heavy (non-hydrogen) atoms. The lowest BCUT2D eigenvalue weighted by molar-refractivity contribution is -0.0408. The first-order chi connectivity index (χ1) is 16.5. The number of rotatable bonds is 7. The number of aromatic nitrogens is 4. The molecule has 2 aromatic carbocycles. The van der Waals surface area contributed by atoms with Crippen LogP contribution in [-0.4, -0.2) is 32.0 Å². The molecule has 2 heterocycles. The van der Waals surface area contributed by atoms with Gasteiger partial charge in [0.15, 0.2) is 5.69 Å². The molecule has 0 saturated heterocycles. The van der Waals surface area contributed by atoms with Crippen molar-refractivity contribution in [2.75, 3.05) is 5.32 Å². The summed E-state index contributed by atoms with van der Waals surface area (Å²) in [6, 6.07) is 20.3. The van der Waals surface area contributed by atoms with E-state index in [2.05, 4.69) is 46.6 Å².